The number of halogens is 3. The lowest BCUT2D eigenvalue weighted by Crippen LogP contribution is -2.16. The van der Waals surface area contributed by atoms with Crippen LogP contribution < -0.4 is 5.32 Å². The normalized spacial score (nSPS) is 13.7. The van der Waals surface area contributed by atoms with Crippen LogP contribution in [-0.4, -0.2) is 26.1 Å². The molecule has 0 amide bonds. The Morgan fingerprint density at radius 2 is 1.82 bits per heavy atom. The fourth-order valence-electron chi connectivity index (χ4n) is 1.17. The Bertz CT molecular complexity index is 462. The van der Waals surface area contributed by atoms with Crippen LogP contribution in [-0.2, 0) is 9.84 Å². The lowest BCUT2D eigenvalue weighted by molar-refractivity contribution is 0.234. The number of nitrogens with one attached hydrogen (secondary N) is 1. The molecule has 0 spiro atoms. The summed E-state index contributed by atoms with van der Waals surface area (Å²) in [5.41, 5.74) is 0.631. The summed E-state index contributed by atoms with van der Waals surface area (Å²) in [5.74, 6) is -3.01. The van der Waals surface area contributed by atoms with E-state index in [0.717, 1.165) is 12.1 Å². The highest BCUT2D eigenvalue weighted by molar-refractivity contribution is 7.91. The van der Waals surface area contributed by atoms with E-state index in [9.17, 15) is 17.2 Å². The van der Waals surface area contributed by atoms with E-state index in [-0.39, 0.29) is 6.04 Å². The molecule has 0 radical (unpaired) electrons. The Morgan fingerprint density at radius 3 is 2.24 bits per heavy atom. The van der Waals surface area contributed by atoms with Gasteiger partial charge in [0.1, 0.15) is 0 Å². The minimum absolute atomic E-state index is 0.00854. The molecule has 0 fully saturated rings. The highest BCUT2D eigenvalue weighted by atomic mass is 35.5. The third-order valence-electron chi connectivity index (χ3n) is 2.06. The Kier molecular flexibility index (Phi) is 4.70. The fraction of sp³-hybridized carbons (Fsp3) is 0.400. The van der Waals surface area contributed by atoms with Crippen LogP contribution in [0.3, 0.4) is 0 Å². The van der Waals surface area contributed by atoms with E-state index in [2.05, 4.69) is 5.32 Å². The van der Waals surface area contributed by atoms with Crippen LogP contribution in [0.2, 0.25) is 0 Å². The summed E-state index contributed by atoms with van der Waals surface area (Å²) in [7, 11) is -4.51. The predicted octanol–water partition coefficient (Wildman–Crippen LogP) is 2.72. The Hall–Kier alpha value is -0.880. The van der Waals surface area contributed by atoms with E-state index in [0.29, 0.717) is 11.6 Å². The number of sulfone groups is 1. The van der Waals surface area contributed by atoms with E-state index in [1.54, 1.807) is 0 Å². The fourth-order valence-corrected chi connectivity index (χ4v) is 1.97. The topological polar surface area (TPSA) is 46.2 Å². The quantitative estimate of drug-likeness (QED) is 0.845. The molecule has 7 heteroatoms. The molecule has 0 saturated carbocycles. The predicted molar refractivity (Wildman–Crippen MR) is 63.4 cm³/mol. The van der Waals surface area contributed by atoms with Gasteiger partial charge in [-0.3, -0.25) is 0 Å². The monoisotopic (exact) mass is 283 g/mol. The van der Waals surface area contributed by atoms with E-state index in [4.69, 9.17) is 11.6 Å². The first-order valence-electron chi connectivity index (χ1n) is 4.82. The minimum Gasteiger partial charge on any atom is -0.381 e. The van der Waals surface area contributed by atoms with Gasteiger partial charge in [0.05, 0.1) is 4.90 Å². The van der Waals surface area contributed by atoms with Gasteiger partial charge in [0.15, 0.2) is 0 Å². The Morgan fingerprint density at radius 1 is 1.29 bits per heavy atom. The van der Waals surface area contributed by atoms with Crippen LogP contribution in [0.25, 0.3) is 0 Å². The van der Waals surface area contributed by atoms with Crippen molar-refractivity contribution >= 4 is 27.1 Å². The highest BCUT2D eigenvalue weighted by Gasteiger charge is 2.26. The van der Waals surface area contributed by atoms with Gasteiger partial charge in [-0.1, -0.05) is 0 Å². The van der Waals surface area contributed by atoms with Crippen molar-refractivity contribution in [2.24, 2.45) is 0 Å². The average Bonchev–Trinajstić information content (AvgIpc) is 2.29. The van der Waals surface area contributed by atoms with Crippen LogP contribution in [0.1, 0.15) is 6.92 Å². The van der Waals surface area contributed by atoms with Crippen molar-refractivity contribution in [3.05, 3.63) is 24.3 Å². The summed E-state index contributed by atoms with van der Waals surface area (Å²) in [5, 5.41) is 2.99. The van der Waals surface area contributed by atoms with Crippen LogP contribution >= 0.6 is 11.6 Å². The molecule has 0 bridgehead atoms. The molecule has 0 heterocycles. The smallest absolute Gasteiger partial charge is 0.341 e. The number of hydrogen-bond acceptors (Lipinski definition) is 3. The number of anilines is 1. The van der Waals surface area contributed by atoms with Crippen LogP contribution in [0, 0.1) is 0 Å². The molecule has 1 aromatic rings. The van der Waals surface area contributed by atoms with Crippen molar-refractivity contribution in [3.63, 3.8) is 0 Å². The summed E-state index contributed by atoms with van der Waals surface area (Å²) in [4.78, 5) is -0.392. The maximum absolute atomic E-state index is 12.2. The Labute approximate surface area is 104 Å². The highest BCUT2D eigenvalue weighted by Crippen LogP contribution is 2.20. The van der Waals surface area contributed by atoms with Crippen LogP contribution in [0.15, 0.2) is 29.2 Å². The van der Waals surface area contributed by atoms with Crippen LogP contribution in [0.4, 0.5) is 14.5 Å². The second-order valence-corrected chi connectivity index (χ2v) is 5.76. The SMILES string of the molecule is CC(CCl)Nc1ccc(S(=O)(=O)C(F)F)cc1. The average molecular weight is 284 g/mol. The molecule has 0 aromatic heterocycles. The maximum Gasteiger partial charge on any atom is 0.341 e. The van der Waals surface area contributed by atoms with Crippen LogP contribution in [0.5, 0.6) is 0 Å². The molecular formula is C10H12ClF2NO2S. The van der Waals surface area contributed by atoms with Crippen molar-refractivity contribution in [3.8, 4) is 0 Å². The molecule has 3 nitrogen and oxygen atoms in total. The van der Waals surface area contributed by atoms with Crippen molar-refractivity contribution in [1.82, 2.24) is 0 Å². The molecular weight excluding hydrogens is 272 g/mol. The van der Waals surface area contributed by atoms with Gasteiger partial charge in [-0.05, 0) is 31.2 Å². The lowest BCUT2D eigenvalue weighted by Gasteiger charge is -2.12. The number of benzene rings is 1. The maximum atomic E-state index is 12.2. The van der Waals surface area contributed by atoms with Gasteiger partial charge >= 0.3 is 5.76 Å². The summed E-state index contributed by atoms with van der Waals surface area (Å²) in [6.07, 6.45) is 0. The van der Waals surface area contributed by atoms with Gasteiger partial charge < -0.3 is 5.32 Å². The first-order valence-corrected chi connectivity index (χ1v) is 6.90. The second-order valence-electron chi connectivity index (χ2n) is 3.53. The third kappa shape index (κ3) is 3.54. The third-order valence-corrected chi connectivity index (χ3v) is 3.92. The van der Waals surface area contributed by atoms with Gasteiger partial charge in [-0.25, -0.2) is 8.42 Å². The summed E-state index contributed by atoms with van der Waals surface area (Å²) in [6, 6.07) is 5.15. The van der Waals surface area contributed by atoms with Gasteiger partial charge in [0.2, 0.25) is 9.84 Å². The molecule has 1 aromatic carbocycles. The van der Waals surface area contributed by atoms with E-state index in [1.165, 1.54) is 12.1 Å². The van der Waals surface area contributed by atoms with E-state index >= 15 is 0 Å². The standard InChI is InChI=1S/C10H12ClF2NO2S/c1-7(6-11)14-8-2-4-9(5-3-8)17(15,16)10(12)13/h2-5,7,10,14H,6H2,1H3. The molecule has 1 N–H and O–H groups in total. The summed E-state index contributed by atoms with van der Waals surface area (Å²) in [6.45, 7) is 1.84. The largest absolute Gasteiger partial charge is 0.381 e. The van der Waals surface area contributed by atoms with Gasteiger partial charge in [-0.15, -0.1) is 11.6 Å². The molecule has 0 aliphatic rings. The van der Waals surface area contributed by atoms with Gasteiger partial charge in [0, 0.05) is 17.6 Å². The molecule has 0 aliphatic heterocycles. The molecule has 0 aliphatic carbocycles. The van der Waals surface area contributed by atoms with Gasteiger partial charge in [-0.2, -0.15) is 8.78 Å². The zero-order valence-corrected chi connectivity index (χ0v) is 10.6. The first kappa shape index (κ1) is 14.2. The zero-order valence-electron chi connectivity index (χ0n) is 9.03. The second kappa shape index (κ2) is 5.64. The number of hydrogen-bond donors (Lipinski definition) is 1. The minimum atomic E-state index is -4.51. The molecule has 1 rings (SSSR count). The summed E-state index contributed by atoms with van der Waals surface area (Å²) < 4.78 is 46.7. The molecule has 1 unspecified atom stereocenters. The van der Waals surface area contributed by atoms with Gasteiger partial charge in [0.25, 0.3) is 0 Å². The van der Waals surface area contributed by atoms with Crippen molar-refractivity contribution in [2.75, 3.05) is 11.2 Å². The first-order chi connectivity index (χ1) is 7.87. The molecule has 0 saturated heterocycles. The molecule has 17 heavy (non-hydrogen) atoms. The van der Waals surface area contributed by atoms with E-state index in [1.807, 2.05) is 6.92 Å². The van der Waals surface area contributed by atoms with Crippen molar-refractivity contribution in [2.45, 2.75) is 23.6 Å². The van der Waals surface area contributed by atoms with Crippen molar-refractivity contribution in [1.29, 1.82) is 0 Å². The molecule has 96 valence electrons. The number of alkyl halides is 3. The number of rotatable bonds is 5. The summed E-state index contributed by atoms with van der Waals surface area (Å²) >= 11 is 5.59. The molecule has 1 atom stereocenters. The zero-order chi connectivity index (χ0) is 13.1. The van der Waals surface area contributed by atoms with Crippen molar-refractivity contribution < 1.29 is 17.2 Å². The Balaban J connectivity index is 2.89. The van der Waals surface area contributed by atoms with E-state index < -0.39 is 20.5 Å². The lowest BCUT2D eigenvalue weighted by atomic mass is 10.3.